The molecule has 238 valence electrons. The van der Waals surface area contributed by atoms with Crippen LogP contribution in [0.4, 0.5) is 4.79 Å². The largest absolute Gasteiger partial charge is 0.508 e. The minimum atomic E-state index is -0.889. The van der Waals surface area contributed by atoms with E-state index in [0.717, 1.165) is 16.7 Å². The zero-order valence-corrected chi connectivity index (χ0v) is 25.4. The minimum Gasteiger partial charge on any atom is -0.508 e. The molecule has 0 heterocycles. The van der Waals surface area contributed by atoms with Gasteiger partial charge < -0.3 is 32.1 Å². The first-order valence-electron chi connectivity index (χ1n) is 14.4. The van der Waals surface area contributed by atoms with E-state index in [1.807, 2.05) is 60.7 Å². The van der Waals surface area contributed by atoms with Crippen LogP contribution in [0.3, 0.4) is 0 Å². The Hall–Kier alpha value is -5.10. The van der Waals surface area contributed by atoms with Gasteiger partial charge in [0.25, 0.3) is 0 Å². The number of urea groups is 1. The molecular formula is C32H38ClN7O5. The van der Waals surface area contributed by atoms with Crippen molar-refractivity contribution in [3.8, 4) is 5.75 Å². The number of hydrogen-bond acceptors (Lipinski definition) is 6. The molecule has 0 aliphatic rings. The van der Waals surface area contributed by atoms with Crippen LogP contribution in [0, 0.1) is 0 Å². The maximum atomic E-state index is 13.7. The lowest BCUT2D eigenvalue weighted by Gasteiger charge is -2.23. The van der Waals surface area contributed by atoms with Gasteiger partial charge >= 0.3 is 6.03 Å². The van der Waals surface area contributed by atoms with Crippen molar-refractivity contribution < 1.29 is 24.3 Å². The van der Waals surface area contributed by atoms with E-state index in [1.165, 1.54) is 12.1 Å². The number of aliphatic imine (C=N–C) groups is 1. The van der Waals surface area contributed by atoms with Crippen molar-refractivity contribution in [1.82, 2.24) is 26.6 Å². The van der Waals surface area contributed by atoms with Crippen LogP contribution in [-0.4, -0.2) is 66.4 Å². The molecule has 45 heavy (non-hydrogen) atoms. The number of halogens is 1. The summed E-state index contributed by atoms with van der Waals surface area (Å²) in [6, 6.07) is 23.6. The third kappa shape index (κ3) is 12.2. The number of hydrogen-bond donors (Lipinski definition) is 7. The third-order valence-corrected chi connectivity index (χ3v) is 6.84. The van der Waals surface area contributed by atoms with Crippen LogP contribution >= 0.6 is 11.6 Å². The molecule has 0 bridgehead atoms. The van der Waals surface area contributed by atoms with E-state index >= 15 is 0 Å². The van der Waals surface area contributed by atoms with Crippen molar-refractivity contribution in [2.24, 2.45) is 10.7 Å². The fourth-order valence-electron chi connectivity index (χ4n) is 4.36. The van der Waals surface area contributed by atoms with Crippen LogP contribution in [0.15, 0.2) is 89.9 Å². The van der Waals surface area contributed by atoms with Crippen molar-refractivity contribution in [3.63, 3.8) is 0 Å². The summed E-state index contributed by atoms with van der Waals surface area (Å²) >= 11 is 5.40. The number of rotatable bonds is 15. The highest BCUT2D eigenvalue weighted by Gasteiger charge is 2.27. The van der Waals surface area contributed by atoms with Crippen LogP contribution in [-0.2, 0) is 20.9 Å². The lowest BCUT2D eigenvalue weighted by Crippen LogP contribution is -2.48. The molecule has 0 radical (unpaired) electrons. The van der Waals surface area contributed by atoms with Crippen molar-refractivity contribution in [2.45, 2.75) is 31.3 Å². The molecule has 12 nitrogen and oxygen atoms in total. The Morgan fingerprint density at radius 2 is 1.40 bits per heavy atom. The van der Waals surface area contributed by atoms with Crippen LogP contribution < -0.4 is 32.3 Å². The summed E-state index contributed by atoms with van der Waals surface area (Å²) in [6.45, 7) is 0.741. The van der Waals surface area contributed by atoms with Gasteiger partial charge in [-0.25, -0.2) is 4.79 Å². The van der Waals surface area contributed by atoms with Crippen molar-refractivity contribution >= 4 is 41.3 Å². The van der Waals surface area contributed by atoms with E-state index < -0.39 is 18.0 Å². The number of alkyl halides is 1. The fourth-order valence-corrected chi connectivity index (χ4v) is 4.45. The summed E-state index contributed by atoms with van der Waals surface area (Å²) in [5.41, 5.74) is 8.17. The molecule has 0 saturated carbocycles. The maximum absolute atomic E-state index is 13.7. The molecule has 13 heteroatoms. The fraction of sp³-hybridized carbons (Fsp3) is 0.281. The number of nitrogens with one attached hydrogen (secondary N) is 5. The first-order chi connectivity index (χ1) is 21.8. The molecule has 0 aromatic heterocycles. The van der Waals surface area contributed by atoms with Gasteiger partial charge in [0.2, 0.25) is 17.7 Å². The molecule has 3 aromatic carbocycles. The number of benzene rings is 3. The highest BCUT2D eigenvalue weighted by molar-refractivity contribution is 6.27. The zero-order chi connectivity index (χ0) is 32.4. The molecule has 0 aliphatic carbocycles. The second-order valence-corrected chi connectivity index (χ2v) is 10.2. The first kappa shape index (κ1) is 34.4. The van der Waals surface area contributed by atoms with E-state index in [1.54, 1.807) is 12.1 Å². The quantitative estimate of drug-likeness (QED) is 0.0579. The molecule has 0 unspecified atom stereocenters. The molecule has 3 aromatic rings. The Balaban J connectivity index is 1.64. The van der Waals surface area contributed by atoms with E-state index in [0.29, 0.717) is 6.42 Å². The first-order valence-corrected chi connectivity index (χ1v) is 14.9. The van der Waals surface area contributed by atoms with Gasteiger partial charge in [-0.3, -0.25) is 24.7 Å². The van der Waals surface area contributed by atoms with Gasteiger partial charge in [-0.05, 0) is 41.7 Å². The van der Waals surface area contributed by atoms with Crippen molar-refractivity contribution in [1.29, 1.82) is 0 Å². The molecule has 0 aliphatic heterocycles. The van der Waals surface area contributed by atoms with Gasteiger partial charge in [0, 0.05) is 26.2 Å². The number of amides is 5. The van der Waals surface area contributed by atoms with E-state index in [4.69, 9.17) is 17.3 Å². The molecule has 0 saturated heterocycles. The number of carbonyl (C=O) groups excluding carboxylic acids is 4. The molecule has 3 rings (SSSR count). The second-order valence-electron chi connectivity index (χ2n) is 9.97. The number of nitrogens with zero attached hydrogens (tertiary/aromatic N) is 1. The molecule has 0 fully saturated rings. The highest BCUT2D eigenvalue weighted by atomic mass is 35.5. The molecule has 1 atom stereocenters. The topological polar surface area (TPSA) is 187 Å². The predicted molar refractivity (Wildman–Crippen MR) is 173 cm³/mol. The average Bonchev–Trinajstić information content (AvgIpc) is 3.05. The standard InChI is InChI=1S/C32H38ClN7O5/c33-20-27(42)35-18-19-37-32(45)40-31(34)36-17-7-12-26(29(43)38-21-22-13-15-25(41)16-14-22)39-30(44)28(23-8-3-1-4-9-23)24-10-5-2-6-11-24/h1-6,8-11,13-16,26,28,41H,7,12,17-21H2,(H,35,42)(H,38,43)(H,39,44)(H4,34,36,37,40,45)/t26-/m1/s1. The zero-order valence-electron chi connectivity index (χ0n) is 24.7. The summed E-state index contributed by atoms with van der Waals surface area (Å²) < 4.78 is 0. The highest BCUT2D eigenvalue weighted by Crippen LogP contribution is 2.25. The number of guanidine groups is 1. The van der Waals surface area contributed by atoms with Gasteiger partial charge in [0.15, 0.2) is 5.96 Å². The maximum Gasteiger partial charge on any atom is 0.321 e. The van der Waals surface area contributed by atoms with Crippen LogP contribution in [0.5, 0.6) is 5.75 Å². The predicted octanol–water partition coefficient (Wildman–Crippen LogP) is 2.07. The lowest BCUT2D eigenvalue weighted by atomic mass is 9.90. The van der Waals surface area contributed by atoms with Gasteiger partial charge in [-0.2, -0.15) is 0 Å². The number of nitrogens with two attached hydrogens (primary N) is 1. The van der Waals surface area contributed by atoms with E-state index in [2.05, 4.69) is 31.6 Å². The van der Waals surface area contributed by atoms with Crippen molar-refractivity contribution in [2.75, 3.05) is 25.5 Å². The SMILES string of the molecule is NC(=NCCC[C@@H](NC(=O)C(c1ccccc1)c1ccccc1)C(=O)NCc1ccc(O)cc1)NC(=O)NCCNC(=O)CCl. The van der Waals surface area contributed by atoms with Crippen LogP contribution in [0.1, 0.15) is 35.4 Å². The van der Waals surface area contributed by atoms with Crippen LogP contribution in [0.2, 0.25) is 0 Å². The summed E-state index contributed by atoms with van der Waals surface area (Å²) in [4.78, 5) is 54.4. The van der Waals surface area contributed by atoms with Gasteiger partial charge in [-0.15, -0.1) is 11.6 Å². The number of carbonyl (C=O) groups is 4. The molecule has 8 N–H and O–H groups in total. The lowest BCUT2D eigenvalue weighted by molar-refractivity contribution is -0.129. The Morgan fingerprint density at radius 1 is 0.800 bits per heavy atom. The second kappa shape index (κ2) is 18.5. The monoisotopic (exact) mass is 635 g/mol. The Labute approximate surface area is 266 Å². The van der Waals surface area contributed by atoms with Gasteiger partial charge in [0.05, 0.1) is 5.92 Å². The number of phenolic OH excluding ortho intramolecular Hbond substituents is 1. The van der Waals surface area contributed by atoms with E-state index in [9.17, 15) is 24.3 Å². The molecule has 0 spiro atoms. The summed E-state index contributed by atoms with van der Waals surface area (Å²) in [5.74, 6) is -1.88. The number of phenols is 1. The molecular weight excluding hydrogens is 598 g/mol. The van der Waals surface area contributed by atoms with Crippen molar-refractivity contribution in [3.05, 3.63) is 102 Å². The minimum absolute atomic E-state index is 0.116. The Morgan fingerprint density at radius 3 is 2.00 bits per heavy atom. The summed E-state index contributed by atoms with van der Waals surface area (Å²) in [5, 5.41) is 22.8. The summed E-state index contributed by atoms with van der Waals surface area (Å²) in [7, 11) is 0. The molecule has 5 amide bonds. The van der Waals surface area contributed by atoms with Gasteiger partial charge in [-0.1, -0.05) is 72.8 Å². The summed E-state index contributed by atoms with van der Waals surface area (Å²) in [6.07, 6.45) is 0.611. The van der Waals surface area contributed by atoms with E-state index in [-0.39, 0.29) is 67.9 Å². The number of aromatic hydroxyl groups is 1. The Bertz CT molecular complexity index is 1380. The normalized spacial score (nSPS) is 11.7. The smallest absolute Gasteiger partial charge is 0.321 e. The average molecular weight is 636 g/mol. The van der Waals surface area contributed by atoms with Crippen LogP contribution in [0.25, 0.3) is 0 Å². The third-order valence-electron chi connectivity index (χ3n) is 6.59. The van der Waals surface area contributed by atoms with Gasteiger partial charge in [0.1, 0.15) is 17.7 Å². The Kier molecular flexibility index (Phi) is 14.2.